The van der Waals surface area contributed by atoms with Gasteiger partial charge < -0.3 is 15.2 Å². The highest BCUT2D eigenvalue weighted by Crippen LogP contribution is 2.38. The van der Waals surface area contributed by atoms with Gasteiger partial charge in [0.2, 0.25) is 0 Å². The number of hydrogen-bond donors (Lipinski definition) is 1. The molecule has 0 aliphatic carbocycles. The fraction of sp³-hybridized carbons (Fsp3) is 0.600. The van der Waals surface area contributed by atoms with Crippen molar-refractivity contribution in [2.75, 3.05) is 13.2 Å². The van der Waals surface area contributed by atoms with Crippen LogP contribution in [-0.4, -0.2) is 13.2 Å². The van der Waals surface area contributed by atoms with E-state index in [1.165, 1.54) is 19.3 Å². The van der Waals surface area contributed by atoms with Crippen molar-refractivity contribution in [2.45, 2.75) is 45.1 Å². The van der Waals surface area contributed by atoms with Crippen molar-refractivity contribution in [2.24, 2.45) is 5.73 Å². The van der Waals surface area contributed by atoms with Crippen LogP contribution in [0.4, 0.5) is 0 Å². The lowest BCUT2D eigenvalue weighted by Gasteiger charge is -2.17. The number of fused-ring (bicyclic) bond motifs is 1. The van der Waals surface area contributed by atoms with Gasteiger partial charge in [0.15, 0.2) is 11.5 Å². The first-order chi connectivity index (χ1) is 9.22. The topological polar surface area (TPSA) is 44.5 Å². The Labute approximate surface area is 123 Å². The Bertz CT molecular complexity index is 423. The number of nitrogens with two attached hydrogens (primary N) is 1. The number of rotatable bonds is 5. The molecule has 1 aliphatic rings. The number of unbranched alkanes of at least 4 members (excludes halogenated alkanes) is 2. The van der Waals surface area contributed by atoms with Gasteiger partial charge in [-0.25, -0.2) is 0 Å². The molecule has 0 bridgehead atoms. The predicted octanol–water partition coefficient (Wildman–Crippen LogP) is 4.19. The van der Waals surface area contributed by atoms with Crippen molar-refractivity contribution < 1.29 is 9.47 Å². The maximum atomic E-state index is 6.28. The molecule has 0 spiro atoms. The van der Waals surface area contributed by atoms with E-state index in [-0.39, 0.29) is 6.04 Å². The molecule has 106 valence electrons. The van der Waals surface area contributed by atoms with Gasteiger partial charge in [0.05, 0.1) is 13.2 Å². The molecule has 1 aromatic rings. The molecule has 2 rings (SSSR count). The second kappa shape index (κ2) is 7.15. The van der Waals surface area contributed by atoms with Gasteiger partial charge in [-0.05, 0) is 24.1 Å². The highest BCUT2D eigenvalue weighted by molar-refractivity contribution is 9.10. The van der Waals surface area contributed by atoms with Crippen LogP contribution < -0.4 is 15.2 Å². The molecule has 4 heteroatoms. The minimum absolute atomic E-state index is 0.0538. The first-order valence-electron chi connectivity index (χ1n) is 7.07. The summed E-state index contributed by atoms with van der Waals surface area (Å²) in [5.74, 6) is 1.63. The zero-order chi connectivity index (χ0) is 13.7. The molecule has 1 aliphatic heterocycles. The second-order valence-corrected chi connectivity index (χ2v) is 5.83. The van der Waals surface area contributed by atoms with Crippen LogP contribution in [0.1, 0.15) is 50.6 Å². The number of halogens is 1. The summed E-state index contributed by atoms with van der Waals surface area (Å²) in [5.41, 5.74) is 7.39. The Kier molecular flexibility index (Phi) is 5.52. The molecule has 0 fully saturated rings. The van der Waals surface area contributed by atoms with Crippen molar-refractivity contribution in [1.29, 1.82) is 0 Å². The summed E-state index contributed by atoms with van der Waals surface area (Å²) >= 11 is 3.59. The zero-order valence-corrected chi connectivity index (χ0v) is 13.0. The highest BCUT2D eigenvalue weighted by atomic mass is 79.9. The minimum Gasteiger partial charge on any atom is -0.490 e. The molecule has 1 aromatic carbocycles. The molecule has 0 aromatic heterocycles. The van der Waals surface area contributed by atoms with Gasteiger partial charge in [0, 0.05) is 16.9 Å². The van der Waals surface area contributed by atoms with Crippen molar-refractivity contribution in [3.8, 4) is 11.5 Å². The quantitative estimate of drug-likeness (QED) is 0.824. The Morgan fingerprint density at radius 2 is 1.89 bits per heavy atom. The second-order valence-electron chi connectivity index (χ2n) is 4.97. The van der Waals surface area contributed by atoms with Crippen molar-refractivity contribution in [3.05, 3.63) is 22.2 Å². The minimum atomic E-state index is 0.0538. The standard InChI is InChI=1S/C15H22BrNO2/c1-2-3-4-6-13(17)11-9-14-15(10-12(11)16)19-8-5-7-18-14/h9-10,13H,2-8,17H2,1H3. The van der Waals surface area contributed by atoms with Gasteiger partial charge in [0.1, 0.15) is 0 Å². The average Bonchev–Trinajstić information content (AvgIpc) is 2.62. The fourth-order valence-electron chi connectivity index (χ4n) is 2.25. The van der Waals surface area contributed by atoms with Crippen LogP contribution in [0.5, 0.6) is 11.5 Å². The summed E-state index contributed by atoms with van der Waals surface area (Å²) in [6.45, 7) is 3.62. The van der Waals surface area contributed by atoms with Crippen LogP contribution >= 0.6 is 15.9 Å². The van der Waals surface area contributed by atoms with Crippen molar-refractivity contribution in [3.63, 3.8) is 0 Å². The van der Waals surface area contributed by atoms with E-state index in [1.807, 2.05) is 12.1 Å². The molecule has 2 N–H and O–H groups in total. The number of ether oxygens (including phenoxy) is 2. The molecule has 0 radical (unpaired) electrons. The third-order valence-electron chi connectivity index (χ3n) is 3.38. The monoisotopic (exact) mass is 327 g/mol. The Hall–Kier alpha value is -0.740. The molecule has 3 nitrogen and oxygen atoms in total. The van der Waals surface area contributed by atoms with Gasteiger partial charge >= 0.3 is 0 Å². The van der Waals surface area contributed by atoms with Gasteiger partial charge in [-0.1, -0.05) is 42.1 Å². The predicted molar refractivity (Wildman–Crippen MR) is 80.8 cm³/mol. The smallest absolute Gasteiger partial charge is 0.162 e. The molecule has 1 heterocycles. The third kappa shape index (κ3) is 3.86. The summed E-state index contributed by atoms with van der Waals surface area (Å²) < 4.78 is 12.4. The largest absolute Gasteiger partial charge is 0.490 e. The summed E-state index contributed by atoms with van der Waals surface area (Å²) in [5, 5.41) is 0. The maximum absolute atomic E-state index is 6.28. The lowest BCUT2D eigenvalue weighted by atomic mass is 10.0. The summed E-state index contributed by atoms with van der Waals surface area (Å²) in [6, 6.07) is 4.06. The maximum Gasteiger partial charge on any atom is 0.162 e. The number of benzene rings is 1. The van der Waals surface area contributed by atoms with Crippen LogP contribution in [-0.2, 0) is 0 Å². The third-order valence-corrected chi connectivity index (χ3v) is 4.07. The Morgan fingerprint density at radius 3 is 2.58 bits per heavy atom. The van der Waals surface area contributed by atoms with E-state index in [2.05, 4.69) is 22.9 Å². The molecule has 1 atom stereocenters. The molecule has 19 heavy (non-hydrogen) atoms. The molecular formula is C15H22BrNO2. The van der Waals surface area contributed by atoms with E-state index < -0.39 is 0 Å². The summed E-state index contributed by atoms with van der Waals surface area (Å²) in [7, 11) is 0. The Balaban J connectivity index is 2.14. The van der Waals surface area contributed by atoms with Gasteiger partial charge in [-0.2, -0.15) is 0 Å². The van der Waals surface area contributed by atoms with Crippen LogP contribution in [0.15, 0.2) is 16.6 Å². The van der Waals surface area contributed by atoms with Gasteiger partial charge in [-0.3, -0.25) is 0 Å². The van der Waals surface area contributed by atoms with E-state index in [1.54, 1.807) is 0 Å². The van der Waals surface area contributed by atoms with Crippen LogP contribution in [0.2, 0.25) is 0 Å². The average molecular weight is 328 g/mol. The van der Waals surface area contributed by atoms with E-state index in [9.17, 15) is 0 Å². The number of hydrogen-bond acceptors (Lipinski definition) is 3. The van der Waals surface area contributed by atoms with Crippen LogP contribution in [0, 0.1) is 0 Å². The van der Waals surface area contributed by atoms with Gasteiger partial charge in [0.25, 0.3) is 0 Å². The van der Waals surface area contributed by atoms with E-state index >= 15 is 0 Å². The normalized spacial score (nSPS) is 15.9. The lowest BCUT2D eigenvalue weighted by Crippen LogP contribution is -2.11. The SMILES string of the molecule is CCCCCC(N)c1cc2c(cc1Br)OCCCO2. The Morgan fingerprint density at radius 1 is 1.21 bits per heavy atom. The molecule has 0 saturated heterocycles. The fourth-order valence-corrected chi connectivity index (χ4v) is 2.87. The van der Waals surface area contributed by atoms with E-state index in [4.69, 9.17) is 15.2 Å². The summed E-state index contributed by atoms with van der Waals surface area (Å²) in [6.07, 6.45) is 5.54. The highest BCUT2D eigenvalue weighted by Gasteiger charge is 2.17. The molecule has 0 amide bonds. The lowest BCUT2D eigenvalue weighted by molar-refractivity contribution is 0.297. The van der Waals surface area contributed by atoms with Crippen molar-refractivity contribution >= 4 is 15.9 Å². The molecule has 0 saturated carbocycles. The van der Waals surface area contributed by atoms with E-state index in [0.29, 0.717) is 13.2 Å². The van der Waals surface area contributed by atoms with Gasteiger partial charge in [-0.15, -0.1) is 0 Å². The van der Waals surface area contributed by atoms with E-state index in [0.717, 1.165) is 34.4 Å². The summed E-state index contributed by atoms with van der Waals surface area (Å²) in [4.78, 5) is 0. The molecular weight excluding hydrogens is 306 g/mol. The van der Waals surface area contributed by atoms with Crippen LogP contribution in [0.25, 0.3) is 0 Å². The first-order valence-corrected chi connectivity index (χ1v) is 7.86. The van der Waals surface area contributed by atoms with Crippen molar-refractivity contribution in [1.82, 2.24) is 0 Å². The zero-order valence-electron chi connectivity index (χ0n) is 11.5. The first kappa shape index (κ1) is 14.7. The molecule has 1 unspecified atom stereocenters. The van der Waals surface area contributed by atoms with Crippen LogP contribution in [0.3, 0.4) is 0 Å².